The Morgan fingerprint density at radius 1 is 1.39 bits per heavy atom. The zero-order valence-electron chi connectivity index (χ0n) is 11.1. The third-order valence-electron chi connectivity index (χ3n) is 3.02. The van der Waals surface area contributed by atoms with E-state index in [-0.39, 0.29) is 4.99 Å². The minimum absolute atomic E-state index is 0.281. The van der Waals surface area contributed by atoms with E-state index in [1.165, 1.54) is 25.7 Å². The second-order valence-corrected chi connectivity index (χ2v) is 4.89. The van der Waals surface area contributed by atoms with Gasteiger partial charge in [0.15, 0.2) is 0 Å². The van der Waals surface area contributed by atoms with E-state index in [9.17, 15) is 0 Å². The molecule has 4 nitrogen and oxygen atoms in total. The molecular formula is C13H22N4S. The Balaban J connectivity index is 2.44. The molecule has 0 fully saturated rings. The van der Waals surface area contributed by atoms with Gasteiger partial charge in [-0.1, -0.05) is 45.3 Å². The Morgan fingerprint density at radius 2 is 2.17 bits per heavy atom. The molecule has 0 saturated heterocycles. The van der Waals surface area contributed by atoms with Crippen LogP contribution in [0.15, 0.2) is 12.4 Å². The largest absolute Gasteiger partial charge is 0.388 e. The molecule has 1 unspecified atom stereocenters. The van der Waals surface area contributed by atoms with E-state index in [1.54, 1.807) is 12.4 Å². The first kappa shape index (κ1) is 14.8. The third-order valence-corrected chi connectivity index (χ3v) is 3.23. The summed E-state index contributed by atoms with van der Waals surface area (Å²) in [6.07, 6.45) is 8.27. The van der Waals surface area contributed by atoms with Gasteiger partial charge in [0.1, 0.15) is 16.5 Å². The molecule has 3 N–H and O–H groups in total. The summed E-state index contributed by atoms with van der Waals surface area (Å²) in [6, 6.07) is 0. The normalized spacial score (nSPS) is 12.1. The molecule has 1 aromatic heterocycles. The highest BCUT2D eigenvalue weighted by Gasteiger charge is 2.06. The molecule has 0 bridgehead atoms. The molecule has 5 heteroatoms. The van der Waals surface area contributed by atoms with E-state index in [4.69, 9.17) is 18.0 Å². The maximum atomic E-state index is 5.47. The SMILES string of the molecule is CCCCC(CC)CNc1cnc(C(N)=S)cn1. The van der Waals surface area contributed by atoms with Gasteiger partial charge >= 0.3 is 0 Å². The minimum atomic E-state index is 0.281. The molecule has 0 radical (unpaired) electrons. The monoisotopic (exact) mass is 266 g/mol. The van der Waals surface area contributed by atoms with Crippen LogP contribution in [-0.2, 0) is 0 Å². The number of nitrogens with zero attached hydrogens (tertiary/aromatic N) is 2. The van der Waals surface area contributed by atoms with Crippen molar-refractivity contribution in [1.82, 2.24) is 9.97 Å². The molecule has 0 aromatic carbocycles. The average molecular weight is 266 g/mol. The molecule has 0 spiro atoms. The fraction of sp³-hybridized carbons (Fsp3) is 0.615. The van der Waals surface area contributed by atoms with Crippen LogP contribution >= 0.6 is 12.2 Å². The summed E-state index contributed by atoms with van der Waals surface area (Å²) in [5.41, 5.74) is 6.03. The van der Waals surface area contributed by atoms with Crippen molar-refractivity contribution in [1.29, 1.82) is 0 Å². The summed E-state index contributed by atoms with van der Waals surface area (Å²) in [5.74, 6) is 1.48. The molecule has 0 aliphatic rings. The summed E-state index contributed by atoms with van der Waals surface area (Å²) in [7, 11) is 0. The summed E-state index contributed by atoms with van der Waals surface area (Å²) in [6.45, 7) is 5.39. The van der Waals surface area contributed by atoms with Gasteiger partial charge in [-0.2, -0.15) is 0 Å². The van der Waals surface area contributed by atoms with Gasteiger partial charge < -0.3 is 11.1 Å². The van der Waals surface area contributed by atoms with Crippen molar-refractivity contribution in [3.8, 4) is 0 Å². The summed E-state index contributed by atoms with van der Waals surface area (Å²) in [4.78, 5) is 8.68. The van der Waals surface area contributed by atoms with Crippen LogP contribution in [0.1, 0.15) is 45.2 Å². The smallest absolute Gasteiger partial charge is 0.144 e. The van der Waals surface area contributed by atoms with Gasteiger partial charge in [-0.3, -0.25) is 0 Å². The minimum Gasteiger partial charge on any atom is -0.388 e. The quantitative estimate of drug-likeness (QED) is 0.708. The molecule has 18 heavy (non-hydrogen) atoms. The lowest BCUT2D eigenvalue weighted by Gasteiger charge is -2.15. The highest BCUT2D eigenvalue weighted by atomic mass is 32.1. The number of rotatable bonds is 8. The number of nitrogens with one attached hydrogen (secondary N) is 1. The van der Waals surface area contributed by atoms with Crippen molar-refractivity contribution in [2.45, 2.75) is 39.5 Å². The molecule has 100 valence electrons. The highest BCUT2D eigenvalue weighted by Crippen LogP contribution is 2.13. The molecule has 0 aliphatic carbocycles. The second kappa shape index (κ2) is 7.97. The Labute approximate surface area is 114 Å². The van der Waals surface area contributed by atoms with Crippen LogP contribution in [0.3, 0.4) is 0 Å². The van der Waals surface area contributed by atoms with Crippen molar-refractivity contribution in [2.75, 3.05) is 11.9 Å². The van der Waals surface area contributed by atoms with E-state index >= 15 is 0 Å². The third kappa shape index (κ3) is 4.96. The van der Waals surface area contributed by atoms with Gasteiger partial charge in [0.25, 0.3) is 0 Å². The van der Waals surface area contributed by atoms with Crippen LogP contribution in [0, 0.1) is 5.92 Å². The van der Waals surface area contributed by atoms with Crippen LogP contribution in [0.5, 0.6) is 0 Å². The van der Waals surface area contributed by atoms with Crippen LogP contribution in [0.2, 0.25) is 0 Å². The lowest BCUT2D eigenvalue weighted by Crippen LogP contribution is -2.16. The lowest BCUT2D eigenvalue weighted by molar-refractivity contribution is 0.472. The Hall–Kier alpha value is -1.23. The maximum absolute atomic E-state index is 5.47. The first-order chi connectivity index (χ1) is 8.67. The first-order valence-electron chi connectivity index (χ1n) is 6.53. The number of thiocarbonyl (C=S) groups is 1. The van der Waals surface area contributed by atoms with E-state index in [0.29, 0.717) is 11.6 Å². The van der Waals surface area contributed by atoms with E-state index in [0.717, 1.165) is 12.4 Å². The van der Waals surface area contributed by atoms with Gasteiger partial charge in [0, 0.05) is 6.54 Å². The number of hydrogen-bond donors (Lipinski definition) is 2. The molecule has 1 heterocycles. The molecule has 0 amide bonds. The molecular weight excluding hydrogens is 244 g/mol. The number of hydrogen-bond acceptors (Lipinski definition) is 4. The zero-order valence-corrected chi connectivity index (χ0v) is 12.0. The second-order valence-electron chi connectivity index (χ2n) is 4.45. The van der Waals surface area contributed by atoms with Crippen LogP contribution in [-0.4, -0.2) is 21.5 Å². The van der Waals surface area contributed by atoms with Crippen LogP contribution in [0.4, 0.5) is 5.82 Å². The highest BCUT2D eigenvalue weighted by molar-refractivity contribution is 7.80. The Bertz CT molecular complexity index is 364. The van der Waals surface area contributed by atoms with E-state index < -0.39 is 0 Å². The van der Waals surface area contributed by atoms with Gasteiger partial charge in [0.05, 0.1) is 12.4 Å². The average Bonchev–Trinajstić information content (AvgIpc) is 2.39. The Kier molecular flexibility index (Phi) is 6.57. The van der Waals surface area contributed by atoms with E-state index in [1.807, 2.05) is 0 Å². The van der Waals surface area contributed by atoms with Gasteiger partial charge in [-0.05, 0) is 12.3 Å². The van der Waals surface area contributed by atoms with Crippen molar-refractivity contribution in [3.63, 3.8) is 0 Å². The number of aromatic nitrogens is 2. The zero-order chi connectivity index (χ0) is 13.4. The van der Waals surface area contributed by atoms with Crippen molar-refractivity contribution < 1.29 is 0 Å². The number of unbranched alkanes of at least 4 members (excludes halogenated alkanes) is 1. The fourth-order valence-electron chi connectivity index (χ4n) is 1.74. The van der Waals surface area contributed by atoms with Gasteiger partial charge in [0.2, 0.25) is 0 Å². The maximum Gasteiger partial charge on any atom is 0.144 e. The molecule has 1 atom stereocenters. The Morgan fingerprint density at radius 3 is 2.67 bits per heavy atom. The van der Waals surface area contributed by atoms with Crippen LogP contribution < -0.4 is 11.1 Å². The summed E-state index contributed by atoms with van der Waals surface area (Å²) < 4.78 is 0. The number of nitrogens with two attached hydrogens (primary N) is 1. The van der Waals surface area contributed by atoms with Crippen LogP contribution in [0.25, 0.3) is 0 Å². The summed E-state index contributed by atoms with van der Waals surface area (Å²) >= 11 is 4.83. The van der Waals surface area contributed by atoms with Crippen molar-refractivity contribution in [2.24, 2.45) is 11.7 Å². The predicted molar refractivity (Wildman–Crippen MR) is 79.7 cm³/mol. The molecule has 0 saturated carbocycles. The molecule has 1 rings (SSSR count). The van der Waals surface area contributed by atoms with E-state index in [2.05, 4.69) is 29.1 Å². The summed E-state index contributed by atoms with van der Waals surface area (Å²) in [5, 5.41) is 3.31. The standard InChI is InChI=1S/C13H22N4S/c1-3-5-6-10(4-2)7-16-12-9-15-11(8-17-12)13(14)18/h8-10H,3-7H2,1-2H3,(H2,14,18)(H,16,17). The number of anilines is 1. The van der Waals surface area contributed by atoms with Gasteiger partial charge in [-0.15, -0.1) is 0 Å². The topological polar surface area (TPSA) is 63.8 Å². The predicted octanol–water partition coefficient (Wildman–Crippen LogP) is 2.74. The van der Waals surface area contributed by atoms with Crippen molar-refractivity contribution in [3.05, 3.63) is 18.1 Å². The first-order valence-corrected chi connectivity index (χ1v) is 6.93. The van der Waals surface area contributed by atoms with Crippen molar-refractivity contribution >= 4 is 23.0 Å². The molecule has 0 aliphatic heterocycles. The fourth-order valence-corrected chi connectivity index (χ4v) is 1.84. The lowest BCUT2D eigenvalue weighted by atomic mass is 9.99. The van der Waals surface area contributed by atoms with Gasteiger partial charge in [-0.25, -0.2) is 9.97 Å². The molecule has 1 aromatic rings.